The first-order chi connectivity index (χ1) is 9.93. The van der Waals surface area contributed by atoms with Crippen LogP contribution < -0.4 is 5.32 Å². The van der Waals surface area contributed by atoms with Gasteiger partial charge in [0.2, 0.25) is 15.7 Å². The van der Waals surface area contributed by atoms with Crippen LogP contribution in [0.1, 0.15) is 26.3 Å². The number of nitrogens with one attached hydrogen (secondary N) is 1. The number of pyridine rings is 1. The van der Waals surface area contributed by atoms with Gasteiger partial charge >= 0.3 is 6.18 Å². The number of rotatable bonds is 5. The Morgan fingerprint density at radius 1 is 1.27 bits per heavy atom. The SMILES string of the molecule is CC(C)C(C)NC(=O)CS(=O)(=O)c1ccc(C(F)(F)F)cn1. The molecule has 0 saturated heterocycles. The molecule has 0 fully saturated rings. The largest absolute Gasteiger partial charge is 0.417 e. The molecule has 0 saturated carbocycles. The van der Waals surface area contributed by atoms with E-state index in [4.69, 9.17) is 0 Å². The molecule has 1 amide bonds. The van der Waals surface area contributed by atoms with Crippen molar-refractivity contribution in [3.63, 3.8) is 0 Å². The van der Waals surface area contributed by atoms with E-state index in [0.29, 0.717) is 12.3 Å². The zero-order valence-corrected chi connectivity index (χ0v) is 13.1. The third-order valence-electron chi connectivity index (χ3n) is 3.09. The lowest BCUT2D eigenvalue weighted by molar-refractivity contribution is -0.137. The molecule has 1 rings (SSSR count). The Morgan fingerprint density at radius 3 is 2.27 bits per heavy atom. The van der Waals surface area contributed by atoms with Gasteiger partial charge in [-0.25, -0.2) is 13.4 Å². The minimum absolute atomic E-state index is 0.121. The van der Waals surface area contributed by atoms with Crippen LogP contribution in [0, 0.1) is 5.92 Å². The van der Waals surface area contributed by atoms with Crippen molar-refractivity contribution in [1.29, 1.82) is 0 Å². The minimum Gasteiger partial charge on any atom is -0.353 e. The number of alkyl halides is 3. The summed E-state index contributed by atoms with van der Waals surface area (Å²) in [4.78, 5) is 15.0. The Morgan fingerprint density at radius 2 is 1.86 bits per heavy atom. The number of carbonyl (C=O) groups is 1. The number of hydrogen-bond acceptors (Lipinski definition) is 4. The Bertz CT molecular complexity index is 625. The summed E-state index contributed by atoms with van der Waals surface area (Å²) in [7, 11) is -4.08. The molecule has 1 atom stereocenters. The van der Waals surface area contributed by atoms with Crippen LogP contribution >= 0.6 is 0 Å². The van der Waals surface area contributed by atoms with Gasteiger partial charge < -0.3 is 5.32 Å². The highest BCUT2D eigenvalue weighted by molar-refractivity contribution is 7.92. The quantitative estimate of drug-likeness (QED) is 0.891. The van der Waals surface area contributed by atoms with E-state index in [0.717, 1.165) is 6.07 Å². The van der Waals surface area contributed by atoms with Gasteiger partial charge in [-0.05, 0) is 25.0 Å². The van der Waals surface area contributed by atoms with Crippen molar-refractivity contribution in [2.75, 3.05) is 5.75 Å². The summed E-state index contributed by atoms with van der Waals surface area (Å²) in [5.74, 6) is -1.46. The normalized spacial score (nSPS) is 14.0. The van der Waals surface area contributed by atoms with Crippen molar-refractivity contribution in [2.24, 2.45) is 5.92 Å². The van der Waals surface area contributed by atoms with Gasteiger partial charge in [0.1, 0.15) is 5.75 Å². The predicted octanol–water partition coefficient (Wildman–Crippen LogP) is 2.03. The lowest BCUT2D eigenvalue weighted by Crippen LogP contribution is -2.39. The minimum atomic E-state index is -4.60. The third kappa shape index (κ3) is 4.97. The van der Waals surface area contributed by atoms with E-state index in [1.807, 2.05) is 13.8 Å². The van der Waals surface area contributed by atoms with Gasteiger partial charge in [0.15, 0.2) is 5.03 Å². The maximum Gasteiger partial charge on any atom is 0.417 e. The molecule has 0 aliphatic heterocycles. The number of nitrogens with zero attached hydrogens (tertiary/aromatic N) is 1. The van der Waals surface area contributed by atoms with Gasteiger partial charge in [-0.2, -0.15) is 13.2 Å². The maximum atomic E-state index is 12.4. The molecular formula is C13H17F3N2O3S. The molecule has 0 aliphatic rings. The smallest absolute Gasteiger partial charge is 0.353 e. The van der Waals surface area contributed by atoms with Crippen molar-refractivity contribution < 1.29 is 26.4 Å². The van der Waals surface area contributed by atoms with E-state index in [-0.39, 0.29) is 12.0 Å². The molecule has 0 bridgehead atoms. The Balaban J connectivity index is 2.85. The molecule has 0 spiro atoms. The Hall–Kier alpha value is -1.64. The predicted molar refractivity (Wildman–Crippen MR) is 73.7 cm³/mol. The topological polar surface area (TPSA) is 76.1 Å². The van der Waals surface area contributed by atoms with Crippen LogP contribution in [-0.2, 0) is 20.8 Å². The molecule has 9 heteroatoms. The molecule has 1 heterocycles. The number of aromatic nitrogens is 1. The van der Waals surface area contributed by atoms with Crippen LogP contribution in [0.3, 0.4) is 0 Å². The maximum absolute atomic E-state index is 12.4. The van der Waals surface area contributed by atoms with E-state index in [1.165, 1.54) is 0 Å². The molecule has 1 aromatic heterocycles. The lowest BCUT2D eigenvalue weighted by Gasteiger charge is -2.17. The monoisotopic (exact) mass is 338 g/mol. The van der Waals surface area contributed by atoms with E-state index >= 15 is 0 Å². The number of carbonyl (C=O) groups excluding carboxylic acids is 1. The molecule has 0 aliphatic carbocycles. The number of hydrogen-bond donors (Lipinski definition) is 1. The standard InChI is InChI=1S/C13H17F3N2O3S/c1-8(2)9(3)18-11(19)7-22(20,21)12-5-4-10(6-17-12)13(14,15)16/h4-6,8-9H,7H2,1-3H3,(H,18,19). The van der Waals surface area contributed by atoms with E-state index in [1.54, 1.807) is 6.92 Å². The van der Waals surface area contributed by atoms with Gasteiger partial charge in [-0.3, -0.25) is 4.79 Å². The van der Waals surface area contributed by atoms with E-state index in [9.17, 15) is 26.4 Å². The summed E-state index contributed by atoms with van der Waals surface area (Å²) >= 11 is 0. The van der Waals surface area contributed by atoms with E-state index < -0.39 is 38.3 Å². The molecular weight excluding hydrogens is 321 g/mol. The van der Waals surface area contributed by atoms with E-state index in [2.05, 4.69) is 10.3 Å². The number of sulfone groups is 1. The van der Waals surface area contributed by atoms with Crippen LogP contribution in [0.2, 0.25) is 0 Å². The first-order valence-corrected chi connectivity index (χ1v) is 8.14. The molecule has 22 heavy (non-hydrogen) atoms. The Labute approximate surface area is 126 Å². The van der Waals surface area contributed by atoms with Crippen molar-refractivity contribution in [2.45, 2.75) is 38.0 Å². The fourth-order valence-corrected chi connectivity index (χ4v) is 2.51. The highest BCUT2D eigenvalue weighted by atomic mass is 32.2. The first kappa shape index (κ1) is 18.4. The van der Waals surface area contributed by atoms with Gasteiger partial charge in [0.05, 0.1) is 5.56 Å². The summed E-state index contributed by atoms with van der Waals surface area (Å²) < 4.78 is 61.1. The van der Waals surface area contributed by atoms with Crippen molar-refractivity contribution >= 4 is 15.7 Å². The second kappa shape index (κ2) is 6.64. The fourth-order valence-electron chi connectivity index (χ4n) is 1.44. The second-order valence-electron chi connectivity index (χ2n) is 5.24. The van der Waals surface area contributed by atoms with Crippen molar-refractivity contribution in [3.8, 4) is 0 Å². The second-order valence-corrected chi connectivity index (χ2v) is 7.18. The number of amides is 1. The van der Waals surface area contributed by atoms with Gasteiger partial charge in [-0.15, -0.1) is 0 Å². The van der Waals surface area contributed by atoms with Crippen LogP contribution in [-0.4, -0.2) is 31.1 Å². The zero-order chi connectivity index (χ0) is 17.1. The van der Waals surface area contributed by atoms with Crippen LogP contribution in [0.4, 0.5) is 13.2 Å². The van der Waals surface area contributed by atoms with Gasteiger partial charge in [-0.1, -0.05) is 13.8 Å². The zero-order valence-electron chi connectivity index (χ0n) is 12.3. The molecule has 0 radical (unpaired) electrons. The summed E-state index contributed by atoms with van der Waals surface area (Å²) in [5, 5.41) is 1.95. The molecule has 1 aromatic rings. The highest BCUT2D eigenvalue weighted by Crippen LogP contribution is 2.28. The van der Waals surface area contributed by atoms with Crippen molar-refractivity contribution in [1.82, 2.24) is 10.3 Å². The average molecular weight is 338 g/mol. The molecule has 5 nitrogen and oxygen atoms in total. The summed E-state index contributed by atoms with van der Waals surface area (Å²) in [5.41, 5.74) is -1.05. The van der Waals surface area contributed by atoms with Crippen molar-refractivity contribution in [3.05, 3.63) is 23.9 Å². The molecule has 1 unspecified atom stereocenters. The lowest BCUT2D eigenvalue weighted by atomic mass is 10.1. The summed E-state index contributed by atoms with van der Waals surface area (Å²) in [6, 6.07) is 1.15. The first-order valence-electron chi connectivity index (χ1n) is 6.49. The third-order valence-corrected chi connectivity index (χ3v) is 4.61. The fraction of sp³-hybridized carbons (Fsp3) is 0.538. The van der Waals surface area contributed by atoms with Crippen LogP contribution in [0.15, 0.2) is 23.4 Å². The van der Waals surface area contributed by atoms with Gasteiger partial charge in [0, 0.05) is 12.2 Å². The average Bonchev–Trinajstić information content (AvgIpc) is 2.36. The molecule has 1 N–H and O–H groups in total. The molecule has 0 aromatic carbocycles. The number of halogens is 3. The van der Waals surface area contributed by atoms with Gasteiger partial charge in [0.25, 0.3) is 0 Å². The van der Waals surface area contributed by atoms with Crippen LogP contribution in [0.5, 0.6) is 0 Å². The summed E-state index contributed by atoms with van der Waals surface area (Å²) in [6.07, 6.45) is -4.17. The summed E-state index contributed by atoms with van der Waals surface area (Å²) in [6.45, 7) is 5.44. The highest BCUT2D eigenvalue weighted by Gasteiger charge is 2.31. The molecule has 124 valence electrons. The Kier molecular flexibility index (Phi) is 5.55. The van der Waals surface area contributed by atoms with Crippen LogP contribution in [0.25, 0.3) is 0 Å².